The topological polar surface area (TPSA) is 365 Å². The summed E-state index contributed by atoms with van der Waals surface area (Å²) in [5.74, 6) is -9.46. The molecule has 1 aromatic rings. The zero-order valence-electron chi connectivity index (χ0n) is 54.5. The minimum absolute atomic E-state index is 0.0551. The molecule has 88 heavy (non-hydrogen) atoms. The first kappa shape index (κ1) is 74.2. The molecule has 1 amide bonds. The summed E-state index contributed by atoms with van der Waals surface area (Å²) in [5, 5.41) is 46.7. The number of ketones is 1. The normalized spacial score (nSPS) is 37.0. The van der Waals surface area contributed by atoms with Crippen molar-refractivity contribution in [2.45, 2.75) is 238 Å². The van der Waals surface area contributed by atoms with Gasteiger partial charge in [-0.15, -0.1) is 5.10 Å². The van der Waals surface area contributed by atoms with Crippen molar-refractivity contribution in [3.8, 4) is 0 Å². The van der Waals surface area contributed by atoms with Gasteiger partial charge in [-0.2, -0.15) is 0 Å². The molecule has 0 spiro atoms. The number of nitrogens with zero attached hydrogens (tertiary/aromatic N) is 4. The van der Waals surface area contributed by atoms with Crippen molar-refractivity contribution < 1.29 is 99.7 Å². The van der Waals surface area contributed by atoms with Gasteiger partial charge in [-0.3, -0.25) is 14.4 Å². The summed E-state index contributed by atoms with van der Waals surface area (Å²) in [6, 6.07) is -0.0551. The summed E-state index contributed by atoms with van der Waals surface area (Å²) < 4.78 is 99.3. The van der Waals surface area contributed by atoms with Gasteiger partial charge in [0.05, 0.1) is 66.4 Å². The highest BCUT2D eigenvalue weighted by Crippen LogP contribution is 2.41. The number of oxime groups is 1. The average molecular weight is 1280 g/mol. The first-order valence-electron chi connectivity index (χ1n) is 30.2. The monoisotopic (exact) mass is 1280 g/mol. The van der Waals surface area contributed by atoms with Crippen LogP contribution in [0.3, 0.4) is 0 Å². The van der Waals surface area contributed by atoms with Crippen LogP contribution < -0.4 is 10.0 Å². The Kier molecular flexibility index (Phi) is 26.7. The molecule has 1 aromatic heterocycles. The number of ether oxygens (including phenoxy) is 11. The Labute approximate surface area is 517 Å². The highest BCUT2D eigenvalue weighted by atomic mass is 32.2. The molecule has 5 heterocycles. The number of aromatic nitrogens is 2. The van der Waals surface area contributed by atoms with E-state index in [0.717, 1.165) is 6.20 Å². The van der Waals surface area contributed by atoms with E-state index >= 15 is 9.59 Å². The zero-order valence-corrected chi connectivity index (χ0v) is 55.3. The molecule has 0 aliphatic carbocycles. The molecule has 12 unspecified atom stereocenters. The number of sulfonamides is 1. The van der Waals surface area contributed by atoms with Crippen LogP contribution in [-0.4, -0.2) is 219 Å². The molecule has 504 valence electrons. The lowest BCUT2D eigenvalue weighted by molar-refractivity contribution is -0.392. The van der Waals surface area contributed by atoms with E-state index in [9.17, 15) is 38.3 Å². The van der Waals surface area contributed by atoms with Crippen molar-refractivity contribution in [2.24, 2.45) is 46.6 Å². The van der Waals surface area contributed by atoms with Gasteiger partial charge < -0.3 is 87.5 Å². The summed E-state index contributed by atoms with van der Waals surface area (Å²) in [5.41, 5.74) is -3.51. The predicted octanol–water partition coefficient (Wildman–Crippen LogP) is 4.39. The number of carbonyl (C=O) groups is 4. The number of amides is 1. The van der Waals surface area contributed by atoms with Gasteiger partial charge in [0.2, 0.25) is 0 Å². The Morgan fingerprint density at radius 3 is 2.19 bits per heavy atom. The minimum Gasteiger partial charge on any atom is -0.461 e. The van der Waals surface area contributed by atoms with Crippen LogP contribution in [0.5, 0.6) is 0 Å². The number of methoxy groups -OCH3 is 2. The van der Waals surface area contributed by atoms with E-state index in [2.05, 4.69) is 25.2 Å². The number of hydrogen-bond donors (Lipinski definition) is 5. The maximum absolute atomic E-state index is 16.0. The molecule has 5 N–H and O–H groups in total. The van der Waals surface area contributed by atoms with Gasteiger partial charge in [0, 0.05) is 70.4 Å². The van der Waals surface area contributed by atoms with E-state index < -0.39 is 183 Å². The zero-order chi connectivity index (χ0) is 66.1. The second kappa shape index (κ2) is 31.6. The number of cyclic esters (lactones) is 1. The van der Waals surface area contributed by atoms with E-state index in [1.165, 1.54) is 49.0 Å². The lowest BCUT2D eigenvalue weighted by Gasteiger charge is -2.45. The van der Waals surface area contributed by atoms with Gasteiger partial charge in [0.15, 0.2) is 35.1 Å². The number of aromatic amines is 1. The standard InChI is InChI=1S/C58H99N7O22S/c1-28(2)20-41(66)83-47-35(9)46(30(4)26-79-55-50(77-18)49(76-17)43(67)38(12)82-55)85-53(70)37(11)48(84-42-21-31(5)64(16)25-33(7)80-42)34(8)45(86-54-44(68)39(63-78-19)22-32(6)81-54)29(3)23-58(15,51(69)36(47)10)87-56(71)61-57(13,14)27-60-88(74,75)40-24-59-62-52(40)65(72)73/h24,28-38,42-50,54-55,60,67-68H,20-23,25-27H2,1-19H3,(H,59,62)(H,61,71)/t29?,30?,31?,32-,33+,34?,35?,36?,37?,38-,42+,43-,44-,45?,46?,47?,48?,49-,50-,54+,55-,58?/m1/s1. The summed E-state index contributed by atoms with van der Waals surface area (Å²) in [4.78, 5) is 77.5. The number of hydrogen-bond acceptors (Lipinski definition) is 25. The van der Waals surface area contributed by atoms with Crippen LogP contribution in [0.2, 0.25) is 0 Å². The van der Waals surface area contributed by atoms with Crippen LogP contribution in [0.15, 0.2) is 16.2 Å². The Bertz CT molecular complexity index is 2630. The van der Waals surface area contributed by atoms with E-state index in [-0.39, 0.29) is 49.6 Å². The summed E-state index contributed by atoms with van der Waals surface area (Å²) in [6.45, 7) is 25.1. The van der Waals surface area contributed by atoms with E-state index in [1.807, 2.05) is 39.8 Å². The number of rotatable bonds is 21. The smallest absolute Gasteiger partial charge is 0.408 e. The van der Waals surface area contributed by atoms with Crippen molar-refractivity contribution in [1.82, 2.24) is 25.1 Å². The van der Waals surface area contributed by atoms with Crippen molar-refractivity contribution in [2.75, 3.05) is 48.1 Å². The largest absolute Gasteiger partial charge is 0.461 e. The third-order valence-corrected chi connectivity index (χ3v) is 18.5. The molecule has 0 radical (unpaired) electrons. The number of aliphatic hydroxyl groups is 2. The van der Waals surface area contributed by atoms with Crippen molar-refractivity contribution >= 4 is 45.4 Å². The minimum atomic E-state index is -4.60. The highest BCUT2D eigenvalue weighted by molar-refractivity contribution is 7.89. The fraction of sp³-hybridized carbons (Fsp3) is 0.862. The molecule has 4 fully saturated rings. The molecule has 4 aliphatic heterocycles. The number of alkyl carbamates (subject to hydrolysis) is 1. The third-order valence-electron chi connectivity index (χ3n) is 17.1. The number of Topliss-reactive ketones (excluding diaryl/α,β-unsaturated/α-hetero) is 1. The number of esters is 2. The van der Waals surface area contributed by atoms with Crippen LogP contribution in [0, 0.1) is 51.5 Å². The number of aliphatic hydroxyl groups excluding tert-OH is 2. The molecule has 4 saturated heterocycles. The third kappa shape index (κ3) is 18.8. The maximum atomic E-state index is 16.0. The van der Waals surface area contributed by atoms with Crippen LogP contribution in [0.1, 0.15) is 130 Å². The van der Waals surface area contributed by atoms with E-state index in [4.69, 9.17) is 56.9 Å². The number of likely N-dealkylation sites (N-methyl/N-ethyl adjacent to an activating group) is 1. The first-order chi connectivity index (χ1) is 41.0. The lowest BCUT2D eigenvalue weighted by Crippen LogP contribution is -2.59. The molecule has 0 aromatic carbocycles. The van der Waals surface area contributed by atoms with Gasteiger partial charge in [0.1, 0.15) is 43.7 Å². The second-order valence-electron chi connectivity index (χ2n) is 25.8. The Balaban J connectivity index is 1.71. The number of H-pyrrole nitrogens is 1. The Morgan fingerprint density at radius 2 is 1.58 bits per heavy atom. The van der Waals surface area contributed by atoms with Gasteiger partial charge in [-0.05, 0) is 85.6 Å². The summed E-state index contributed by atoms with van der Waals surface area (Å²) >= 11 is 0. The first-order valence-corrected chi connectivity index (χ1v) is 31.7. The molecule has 4 aliphatic rings. The molecule has 5 rings (SSSR count). The molecule has 22 atom stereocenters. The van der Waals surface area contributed by atoms with Crippen LogP contribution in [-0.2, 0) is 81.3 Å². The average Bonchev–Trinajstić information content (AvgIpc) is 3.02. The predicted molar refractivity (Wildman–Crippen MR) is 314 cm³/mol. The van der Waals surface area contributed by atoms with E-state index in [0.29, 0.717) is 13.0 Å². The summed E-state index contributed by atoms with van der Waals surface area (Å²) in [6.07, 6.45) is -14.7. The fourth-order valence-electron chi connectivity index (χ4n) is 12.3. The number of nitro groups is 1. The highest BCUT2D eigenvalue weighted by Gasteiger charge is 2.53. The molecule has 0 bridgehead atoms. The fourth-order valence-corrected chi connectivity index (χ4v) is 13.5. The molecular formula is C58H99N7O22S. The van der Waals surface area contributed by atoms with E-state index in [1.54, 1.807) is 48.5 Å². The number of carbonyl (C=O) groups excluding carboxylic acids is 4. The molecule has 30 heteroatoms. The number of nitrogens with one attached hydrogen (secondary N) is 3. The SMILES string of the molecule is CON=C1C[C@@H](C)O[C@@H](OC2C(C)CC(C)(OC(=O)NC(C)(C)CNS(=O)(=O)c3cn[nH]c3[N+](=O)[O-])C(=O)C(C)C(OC(=O)CC(C)C)C(C)C(C(C)CO[C@@H]3O[C@H](C)[C@@H](O)[C@@H](OC)[C@H]3OC)OC(=O)C(C)C(O[C@H]3CC(C)N(C)C[C@H](C)O3)C2C)[C@@H]1O. The second-order valence-corrected chi connectivity index (χ2v) is 27.6. The van der Waals surface area contributed by atoms with Gasteiger partial charge >= 0.3 is 23.8 Å². The molecule has 29 nitrogen and oxygen atoms in total. The van der Waals surface area contributed by atoms with Gasteiger partial charge in [-0.1, -0.05) is 58.7 Å². The van der Waals surface area contributed by atoms with Crippen molar-refractivity contribution in [1.29, 1.82) is 0 Å². The van der Waals surface area contributed by atoms with Crippen LogP contribution in [0.4, 0.5) is 10.6 Å². The lowest BCUT2D eigenvalue weighted by atomic mass is 9.74. The van der Waals surface area contributed by atoms with Crippen LogP contribution in [0.25, 0.3) is 0 Å². The summed E-state index contributed by atoms with van der Waals surface area (Å²) in [7, 11) is 1.55. The Morgan fingerprint density at radius 1 is 0.920 bits per heavy atom. The van der Waals surface area contributed by atoms with Crippen molar-refractivity contribution in [3.05, 3.63) is 16.3 Å². The van der Waals surface area contributed by atoms with Crippen molar-refractivity contribution in [3.63, 3.8) is 0 Å². The Hall–Kier alpha value is -4.57. The molecule has 0 saturated carbocycles. The van der Waals surface area contributed by atoms with Gasteiger partial charge in [0.25, 0.3) is 10.0 Å². The molecular weight excluding hydrogens is 1180 g/mol. The van der Waals surface area contributed by atoms with Gasteiger partial charge in [-0.25, -0.2) is 17.9 Å². The quantitative estimate of drug-likeness (QED) is 0.0493. The van der Waals surface area contributed by atoms with Crippen LogP contribution >= 0.6 is 0 Å². The maximum Gasteiger partial charge on any atom is 0.408 e.